The fraction of sp³-hybridized carbons (Fsp3) is 0.304. The number of allylic oxidation sites excluding steroid dienone is 1. The van der Waals surface area contributed by atoms with Crippen molar-refractivity contribution >= 4 is 11.8 Å². The van der Waals surface area contributed by atoms with Crippen LogP contribution in [0.4, 0.5) is 8.78 Å². The Labute approximate surface area is 179 Å². The SMILES string of the molecule is C=CCc1ccc(OCC(=O)N2CCN(C(=O)c3ccc(F)c(F)c3)CC2)c(OC)c1. The Morgan fingerprint density at radius 2 is 1.71 bits per heavy atom. The Kier molecular flexibility index (Phi) is 7.23. The van der Waals surface area contributed by atoms with Crippen LogP contribution in [0.2, 0.25) is 0 Å². The van der Waals surface area contributed by atoms with Crippen molar-refractivity contribution in [3.05, 3.63) is 71.8 Å². The molecule has 2 aromatic carbocycles. The number of nitrogens with zero attached hydrogens (tertiary/aromatic N) is 2. The second-order valence-corrected chi connectivity index (χ2v) is 7.07. The molecular weight excluding hydrogens is 406 g/mol. The predicted octanol–water partition coefficient (Wildman–Crippen LogP) is 3.07. The van der Waals surface area contributed by atoms with Gasteiger partial charge in [-0.1, -0.05) is 12.1 Å². The summed E-state index contributed by atoms with van der Waals surface area (Å²) >= 11 is 0. The highest BCUT2D eigenvalue weighted by Gasteiger charge is 2.25. The minimum atomic E-state index is -1.07. The number of hydrogen-bond donors (Lipinski definition) is 0. The van der Waals surface area contributed by atoms with E-state index in [1.54, 1.807) is 17.0 Å². The molecule has 0 radical (unpaired) electrons. The van der Waals surface area contributed by atoms with Gasteiger partial charge in [-0.05, 0) is 42.3 Å². The molecule has 2 amide bonds. The van der Waals surface area contributed by atoms with Crippen molar-refractivity contribution in [1.82, 2.24) is 9.80 Å². The zero-order valence-corrected chi connectivity index (χ0v) is 17.3. The second kappa shape index (κ2) is 10.1. The lowest BCUT2D eigenvalue weighted by molar-refractivity contribution is -0.134. The third-order valence-corrected chi connectivity index (χ3v) is 5.05. The van der Waals surface area contributed by atoms with Gasteiger partial charge >= 0.3 is 0 Å². The number of ether oxygens (including phenoxy) is 2. The Balaban J connectivity index is 1.53. The normalized spacial score (nSPS) is 13.6. The van der Waals surface area contributed by atoms with Gasteiger partial charge in [0.2, 0.25) is 0 Å². The van der Waals surface area contributed by atoms with Gasteiger partial charge in [0.15, 0.2) is 29.7 Å². The number of carbonyl (C=O) groups excluding carboxylic acids is 2. The summed E-state index contributed by atoms with van der Waals surface area (Å²) in [7, 11) is 1.53. The minimum absolute atomic E-state index is 0.0778. The molecule has 0 unspecified atom stereocenters. The van der Waals surface area contributed by atoms with Gasteiger partial charge < -0.3 is 19.3 Å². The number of methoxy groups -OCH3 is 1. The van der Waals surface area contributed by atoms with E-state index >= 15 is 0 Å². The first kappa shape index (κ1) is 22.3. The molecule has 1 fully saturated rings. The molecule has 1 aliphatic heterocycles. The smallest absolute Gasteiger partial charge is 0.260 e. The standard InChI is InChI=1S/C23H24F2N2O4/c1-3-4-16-5-8-20(21(13-16)30-2)31-15-22(28)26-9-11-27(12-10-26)23(29)17-6-7-18(24)19(25)14-17/h3,5-8,13-14H,1,4,9-12,15H2,2H3. The van der Waals surface area contributed by atoms with Crippen molar-refractivity contribution in [1.29, 1.82) is 0 Å². The highest BCUT2D eigenvalue weighted by Crippen LogP contribution is 2.28. The largest absolute Gasteiger partial charge is 0.493 e. The van der Waals surface area contributed by atoms with E-state index < -0.39 is 17.5 Å². The van der Waals surface area contributed by atoms with E-state index in [4.69, 9.17) is 9.47 Å². The van der Waals surface area contributed by atoms with Crippen LogP contribution < -0.4 is 9.47 Å². The maximum Gasteiger partial charge on any atom is 0.260 e. The molecule has 0 spiro atoms. The third kappa shape index (κ3) is 5.39. The highest BCUT2D eigenvalue weighted by molar-refractivity contribution is 5.94. The number of rotatable bonds is 7. The Morgan fingerprint density at radius 1 is 1.00 bits per heavy atom. The van der Waals surface area contributed by atoms with E-state index in [0.29, 0.717) is 44.1 Å². The van der Waals surface area contributed by atoms with E-state index in [-0.39, 0.29) is 18.1 Å². The average molecular weight is 430 g/mol. The number of hydrogen-bond acceptors (Lipinski definition) is 4. The number of carbonyl (C=O) groups is 2. The number of piperazine rings is 1. The molecule has 164 valence electrons. The van der Waals surface area contributed by atoms with Gasteiger partial charge in [0.05, 0.1) is 7.11 Å². The fourth-order valence-electron chi connectivity index (χ4n) is 3.33. The summed E-state index contributed by atoms with van der Waals surface area (Å²) in [6.07, 6.45) is 2.49. The summed E-state index contributed by atoms with van der Waals surface area (Å²) in [6.45, 7) is 4.79. The summed E-state index contributed by atoms with van der Waals surface area (Å²) in [5, 5.41) is 0. The van der Waals surface area contributed by atoms with Crippen molar-refractivity contribution in [2.45, 2.75) is 6.42 Å². The van der Waals surface area contributed by atoms with Crippen LogP contribution in [0.5, 0.6) is 11.5 Å². The third-order valence-electron chi connectivity index (χ3n) is 5.05. The summed E-state index contributed by atoms with van der Waals surface area (Å²) in [5.74, 6) is -1.67. The lowest BCUT2D eigenvalue weighted by atomic mass is 10.1. The van der Waals surface area contributed by atoms with Crippen LogP contribution >= 0.6 is 0 Å². The lowest BCUT2D eigenvalue weighted by Crippen LogP contribution is -2.51. The molecule has 0 atom stereocenters. The first-order chi connectivity index (χ1) is 14.9. The summed E-state index contributed by atoms with van der Waals surface area (Å²) in [6, 6.07) is 8.54. The van der Waals surface area contributed by atoms with Gasteiger partial charge in [-0.15, -0.1) is 6.58 Å². The van der Waals surface area contributed by atoms with Crippen molar-refractivity contribution in [2.24, 2.45) is 0 Å². The van der Waals surface area contributed by atoms with Crippen molar-refractivity contribution < 1.29 is 27.8 Å². The molecule has 2 aromatic rings. The van der Waals surface area contributed by atoms with E-state index in [1.807, 2.05) is 12.1 Å². The van der Waals surface area contributed by atoms with Crippen LogP contribution in [0.1, 0.15) is 15.9 Å². The van der Waals surface area contributed by atoms with E-state index in [2.05, 4.69) is 6.58 Å². The zero-order chi connectivity index (χ0) is 22.4. The molecule has 0 aromatic heterocycles. The van der Waals surface area contributed by atoms with Crippen LogP contribution in [-0.2, 0) is 11.2 Å². The van der Waals surface area contributed by atoms with Gasteiger partial charge in [0, 0.05) is 31.7 Å². The van der Waals surface area contributed by atoms with E-state index in [0.717, 1.165) is 17.7 Å². The fourth-order valence-corrected chi connectivity index (χ4v) is 3.33. The maximum atomic E-state index is 13.4. The van der Waals surface area contributed by atoms with E-state index in [1.165, 1.54) is 18.1 Å². The zero-order valence-electron chi connectivity index (χ0n) is 17.3. The molecule has 3 rings (SSSR count). The Bertz CT molecular complexity index is 972. The molecule has 0 saturated carbocycles. The van der Waals surface area contributed by atoms with Crippen LogP contribution in [-0.4, -0.2) is 61.5 Å². The maximum absolute atomic E-state index is 13.4. The number of amides is 2. The Hall–Kier alpha value is -3.42. The first-order valence-electron chi connectivity index (χ1n) is 9.85. The molecule has 1 aliphatic rings. The number of benzene rings is 2. The van der Waals surface area contributed by atoms with Crippen LogP contribution in [0.3, 0.4) is 0 Å². The van der Waals surface area contributed by atoms with Gasteiger partial charge in [-0.2, -0.15) is 0 Å². The molecule has 31 heavy (non-hydrogen) atoms. The van der Waals surface area contributed by atoms with Crippen molar-refractivity contribution in [2.75, 3.05) is 39.9 Å². The van der Waals surface area contributed by atoms with E-state index in [9.17, 15) is 18.4 Å². The molecule has 6 nitrogen and oxygen atoms in total. The van der Waals surface area contributed by atoms with Gasteiger partial charge in [-0.25, -0.2) is 8.78 Å². The van der Waals surface area contributed by atoms with Crippen molar-refractivity contribution in [3.8, 4) is 11.5 Å². The van der Waals surface area contributed by atoms with Gasteiger partial charge in [0.25, 0.3) is 11.8 Å². The molecule has 8 heteroatoms. The highest BCUT2D eigenvalue weighted by atomic mass is 19.2. The number of halogens is 2. The monoisotopic (exact) mass is 430 g/mol. The second-order valence-electron chi connectivity index (χ2n) is 7.07. The lowest BCUT2D eigenvalue weighted by Gasteiger charge is -2.34. The molecule has 0 aliphatic carbocycles. The summed E-state index contributed by atoms with van der Waals surface area (Å²) < 4.78 is 37.4. The molecule has 1 heterocycles. The summed E-state index contributed by atoms with van der Waals surface area (Å²) in [5.41, 5.74) is 1.10. The molecule has 1 saturated heterocycles. The molecular formula is C23H24F2N2O4. The molecule has 0 bridgehead atoms. The van der Waals surface area contributed by atoms with Crippen LogP contribution in [0.25, 0.3) is 0 Å². The summed E-state index contributed by atoms with van der Waals surface area (Å²) in [4.78, 5) is 28.1. The van der Waals surface area contributed by atoms with Gasteiger partial charge in [-0.3, -0.25) is 9.59 Å². The topological polar surface area (TPSA) is 59.1 Å². The van der Waals surface area contributed by atoms with Crippen molar-refractivity contribution in [3.63, 3.8) is 0 Å². The quantitative estimate of drug-likeness (QED) is 0.634. The molecule has 0 N–H and O–H groups in total. The van der Waals surface area contributed by atoms with Crippen LogP contribution in [0.15, 0.2) is 49.1 Å². The van der Waals surface area contributed by atoms with Crippen LogP contribution in [0, 0.1) is 11.6 Å². The van der Waals surface area contributed by atoms with Gasteiger partial charge in [0.1, 0.15) is 0 Å². The first-order valence-corrected chi connectivity index (χ1v) is 9.85. The predicted molar refractivity (Wildman–Crippen MR) is 111 cm³/mol. The minimum Gasteiger partial charge on any atom is -0.493 e. The average Bonchev–Trinajstić information content (AvgIpc) is 2.79. The Morgan fingerprint density at radius 3 is 2.35 bits per heavy atom.